The van der Waals surface area contributed by atoms with Crippen molar-refractivity contribution in [2.75, 3.05) is 12.4 Å². The Bertz CT molecular complexity index is 1040. The molecule has 1 fully saturated rings. The van der Waals surface area contributed by atoms with Gasteiger partial charge in [-0.1, -0.05) is 30.3 Å². The van der Waals surface area contributed by atoms with Crippen molar-refractivity contribution < 1.29 is 19.0 Å². The number of carbonyl (C=O) groups is 1. The topological polar surface area (TPSA) is 76.4 Å². The third-order valence-corrected chi connectivity index (χ3v) is 5.57. The Morgan fingerprint density at radius 2 is 2.03 bits per heavy atom. The number of benzene rings is 2. The van der Waals surface area contributed by atoms with E-state index in [4.69, 9.17) is 4.74 Å². The van der Waals surface area contributed by atoms with Crippen molar-refractivity contribution in [3.8, 4) is 5.75 Å². The van der Waals surface area contributed by atoms with Crippen LogP contribution in [0.5, 0.6) is 5.75 Å². The largest absolute Gasteiger partial charge is 0.494 e. The van der Waals surface area contributed by atoms with Crippen LogP contribution in [-0.4, -0.2) is 27.7 Å². The number of carbonyl (C=O) groups excluding carboxylic acids is 1. The molecular weight excluding hydrogens is 373 g/mol. The first-order valence-corrected chi connectivity index (χ1v) is 9.73. The molecule has 6 nitrogen and oxygen atoms in total. The summed E-state index contributed by atoms with van der Waals surface area (Å²) >= 11 is 0. The summed E-state index contributed by atoms with van der Waals surface area (Å²) in [5.74, 6) is -0.433. The zero-order valence-corrected chi connectivity index (χ0v) is 16.5. The van der Waals surface area contributed by atoms with Gasteiger partial charge in [0.2, 0.25) is 11.9 Å². The zero-order chi connectivity index (χ0) is 20.6. The fourth-order valence-electron chi connectivity index (χ4n) is 3.76. The molecule has 7 heteroatoms. The summed E-state index contributed by atoms with van der Waals surface area (Å²) in [6.07, 6.45) is 2.70. The molecule has 2 N–H and O–H groups in total. The van der Waals surface area contributed by atoms with Crippen LogP contribution in [0.25, 0.3) is 11.0 Å². The van der Waals surface area contributed by atoms with Crippen LogP contribution in [0.2, 0.25) is 0 Å². The fraction of sp³-hybridized carbons (Fsp3) is 0.364. The van der Waals surface area contributed by atoms with Crippen molar-refractivity contribution in [1.82, 2.24) is 9.55 Å². The molecule has 29 heavy (non-hydrogen) atoms. The second-order valence-electron chi connectivity index (χ2n) is 7.70. The van der Waals surface area contributed by atoms with Crippen molar-refractivity contribution in [1.29, 1.82) is 0 Å². The van der Waals surface area contributed by atoms with E-state index in [1.54, 1.807) is 29.7 Å². The highest BCUT2D eigenvalue weighted by Gasteiger charge is 2.30. The molecule has 0 radical (unpaired) electrons. The molecule has 0 bridgehead atoms. The van der Waals surface area contributed by atoms with Gasteiger partial charge in [-0.15, -0.1) is 0 Å². The van der Waals surface area contributed by atoms with Crippen molar-refractivity contribution in [3.05, 3.63) is 53.8 Å². The standard InChI is InChI=1S/C22H24FN3O3/c1-22(28,14-7-4-3-5-8-14)13-18(27)25-21-24-16-11-12-17(29-2)19(23)20(16)26(21)15-9-6-10-15/h3-5,7-8,11-12,15,28H,6,9-10,13H2,1-2H3,(H,24,25,27)/t22-/m0/s1. The van der Waals surface area contributed by atoms with E-state index in [0.29, 0.717) is 22.5 Å². The highest BCUT2D eigenvalue weighted by Crippen LogP contribution is 2.39. The molecule has 1 aromatic heterocycles. The molecule has 1 heterocycles. The SMILES string of the molecule is COc1ccc2nc(NC(=O)C[C@](C)(O)c3ccccc3)n(C3CCC3)c2c1F. The lowest BCUT2D eigenvalue weighted by molar-refractivity contribution is -0.120. The van der Waals surface area contributed by atoms with Gasteiger partial charge in [0.1, 0.15) is 5.52 Å². The van der Waals surface area contributed by atoms with Gasteiger partial charge in [-0.25, -0.2) is 9.37 Å². The molecule has 0 spiro atoms. The van der Waals surface area contributed by atoms with Crippen molar-refractivity contribution >= 4 is 22.9 Å². The summed E-state index contributed by atoms with van der Waals surface area (Å²) in [4.78, 5) is 17.2. The fourth-order valence-corrected chi connectivity index (χ4v) is 3.76. The molecule has 2 aromatic carbocycles. The lowest BCUT2D eigenvalue weighted by Crippen LogP contribution is -2.30. The molecule has 4 rings (SSSR count). The summed E-state index contributed by atoms with van der Waals surface area (Å²) in [6, 6.07) is 12.3. The number of methoxy groups -OCH3 is 1. The monoisotopic (exact) mass is 397 g/mol. The number of fused-ring (bicyclic) bond motifs is 1. The molecular formula is C22H24FN3O3. The third kappa shape index (κ3) is 3.58. The summed E-state index contributed by atoms with van der Waals surface area (Å²) in [7, 11) is 1.42. The maximum absolute atomic E-state index is 15.0. The average molecular weight is 397 g/mol. The molecule has 0 unspecified atom stereocenters. The highest BCUT2D eigenvalue weighted by molar-refractivity contribution is 5.92. The second kappa shape index (κ2) is 7.48. The minimum Gasteiger partial charge on any atom is -0.494 e. The number of rotatable bonds is 6. The van der Waals surface area contributed by atoms with Crippen LogP contribution in [-0.2, 0) is 10.4 Å². The second-order valence-corrected chi connectivity index (χ2v) is 7.70. The van der Waals surface area contributed by atoms with Gasteiger partial charge < -0.3 is 14.4 Å². The Kier molecular flexibility index (Phi) is 5.00. The normalized spacial score (nSPS) is 16.3. The summed E-state index contributed by atoms with van der Waals surface area (Å²) in [5.41, 5.74) is 0.116. The number of nitrogens with zero attached hydrogens (tertiary/aromatic N) is 2. The maximum Gasteiger partial charge on any atom is 0.229 e. The molecule has 1 aliphatic carbocycles. The molecule has 0 aliphatic heterocycles. The van der Waals surface area contributed by atoms with Crippen molar-refractivity contribution in [2.45, 2.75) is 44.2 Å². The smallest absolute Gasteiger partial charge is 0.229 e. The van der Waals surface area contributed by atoms with Crippen LogP contribution in [0, 0.1) is 5.82 Å². The van der Waals surface area contributed by atoms with E-state index >= 15 is 0 Å². The van der Waals surface area contributed by atoms with E-state index in [-0.39, 0.29) is 24.1 Å². The van der Waals surface area contributed by atoms with Gasteiger partial charge in [0.25, 0.3) is 0 Å². The van der Waals surface area contributed by atoms with Crippen LogP contribution in [0.4, 0.5) is 10.3 Å². The lowest BCUT2D eigenvalue weighted by Gasteiger charge is -2.29. The van der Waals surface area contributed by atoms with E-state index in [2.05, 4.69) is 10.3 Å². The van der Waals surface area contributed by atoms with E-state index < -0.39 is 11.4 Å². The number of nitrogens with one attached hydrogen (secondary N) is 1. The molecule has 1 saturated carbocycles. The van der Waals surface area contributed by atoms with Crippen LogP contribution in [0.3, 0.4) is 0 Å². The van der Waals surface area contributed by atoms with E-state index in [1.165, 1.54) is 13.2 Å². The molecule has 1 amide bonds. The number of anilines is 1. The summed E-state index contributed by atoms with van der Waals surface area (Å²) in [5, 5.41) is 13.5. The Labute approximate surface area is 168 Å². The molecule has 1 aliphatic rings. The predicted molar refractivity (Wildman–Crippen MR) is 108 cm³/mol. The van der Waals surface area contributed by atoms with E-state index in [0.717, 1.165) is 19.3 Å². The van der Waals surface area contributed by atoms with Gasteiger partial charge >= 0.3 is 0 Å². The van der Waals surface area contributed by atoms with E-state index in [1.807, 2.05) is 18.2 Å². The van der Waals surface area contributed by atoms with Gasteiger partial charge in [-0.2, -0.15) is 0 Å². The zero-order valence-electron chi connectivity index (χ0n) is 16.5. The Balaban J connectivity index is 1.65. The number of imidazole rings is 1. The van der Waals surface area contributed by atoms with Crippen molar-refractivity contribution in [2.24, 2.45) is 0 Å². The predicted octanol–water partition coefficient (Wildman–Crippen LogP) is 4.15. The molecule has 1 atom stereocenters. The number of aromatic nitrogens is 2. The first-order chi connectivity index (χ1) is 13.9. The Morgan fingerprint density at radius 3 is 2.66 bits per heavy atom. The van der Waals surface area contributed by atoms with E-state index in [9.17, 15) is 14.3 Å². The molecule has 3 aromatic rings. The lowest BCUT2D eigenvalue weighted by atomic mass is 9.92. The molecule has 0 saturated heterocycles. The summed E-state index contributed by atoms with van der Waals surface area (Å²) in [6.45, 7) is 1.60. The Hall–Kier alpha value is -2.93. The first-order valence-electron chi connectivity index (χ1n) is 9.73. The first kappa shape index (κ1) is 19.4. The number of halogens is 1. The number of aliphatic hydroxyl groups is 1. The minimum atomic E-state index is -1.33. The van der Waals surface area contributed by atoms with Crippen LogP contribution in [0.15, 0.2) is 42.5 Å². The van der Waals surface area contributed by atoms with Crippen LogP contribution < -0.4 is 10.1 Å². The minimum absolute atomic E-state index is 0.0755. The highest BCUT2D eigenvalue weighted by atomic mass is 19.1. The van der Waals surface area contributed by atoms with Crippen molar-refractivity contribution in [3.63, 3.8) is 0 Å². The number of ether oxygens (including phenoxy) is 1. The average Bonchev–Trinajstić information content (AvgIpc) is 2.99. The van der Waals surface area contributed by atoms with Gasteiger partial charge in [0.15, 0.2) is 11.6 Å². The third-order valence-electron chi connectivity index (χ3n) is 5.57. The summed E-state index contributed by atoms with van der Waals surface area (Å²) < 4.78 is 21.8. The number of amides is 1. The quantitative estimate of drug-likeness (QED) is 0.655. The van der Waals surface area contributed by atoms with Gasteiger partial charge in [0, 0.05) is 6.04 Å². The number of hydrogen-bond donors (Lipinski definition) is 2. The van der Waals surface area contributed by atoms with Gasteiger partial charge in [-0.05, 0) is 43.9 Å². The van der Waals surface area contributed by atoms with Crippen LogP contribution in [0.1, 0.15) is 44.2 Å². The van der Waals surface area contributed by atoms with Gasteiger partial charge in [0.05, 0.1) is 24.6 Å². The Morgan fingerprint density at radius 1 is 1.31 bits per heavy atom. The van der Waals surface area contributed by atoms with Crippen LogP contribution >= 0.6 is 0 Å². The molecule has 152 valence electrons. The maximum atomic E-state index is 15.0. The number of hydrogen-bond acceptors (Lipinski definition) is 4. The van der Waals surface area contributed by atoms with Gasteiger partial charge in [-0.3, -0.25) is 10.1 Å².